The molecule has 0 fully saturated rings. The Labute approximate surface area is 111 Å². The zero-order valence-electron chi connectivity index (χ0n) is 10.2. The molecular weight excluding hydrogens is 242 g/mol. The third-order valence-corrected chi connectivity index (χ3v) is 2.84. The Hall–Kier alpha value is -2.49. The summed E-state index contributed by atoms with van der Waals surface area (Å²) in [7, 11) is 0. The van der Waals surface area contributed by atoms with Gasteiger partial charge in [0.2, 0.25) is 6.23 Å². The highest BCUT2D eigenvalue weighted by Crippen LogP contribution is 2.30. The lowest BCUT2D eigenvalue weighted by molar-refractivity contribution is 0.0547. The SMILES string of the molecule is O=C(NC1COc2ccccc2O1)c1ccccc1. The first-order valence-corrected chi connectivity index (χ1v) is 6.07. The van der Waals surface area contributed by atoms with Gasteiger partial charge in [0.05, 0.1) is 0 Å². The zero-order chi connectivity index (χ0) is 13.1. The minimum Gasteiger partial charge on any atom is -0.484 e. The quantitative estimate of drug-likeness (QED) is 0.895. The fourth-order valence-corrected chi connectivity index (χ4v) is 1.91. The van der Waals surface area contributed by atoms with E-state index in [2.05, 4.69) is 5.32 Å². The number of fused-ring (bicyclic) bond motifs is 1. The van der Waals surface area contributed by atoms with Gasteiger partial charge in [0.25, 0.3) is 5.91 Å². The maximum atomic E-state index is 12.0. The van der Waals surface area contributed by atoms with E-state index < -0.39 is 6.23 Å². The van der Waals surface area contributed by atoms with Gasteiger partial charge in [-0.15, -0.1) is 0 Å². The lowest BCUT2D eigenvalue weighted by Gasteiger charge is -2.26. The van der Waals surface area contributed by atoms with Crippen molar-refractivity contribution in [1.82, 2.24) is 5.32 Å². The fourth-order valence-electron chi connectivity index (χ4n) is 1.91. The monoisotopic (exact) mass is 255 g/mol. The minimum atomic E-state index is -0.470. The molecule has 1 amide bonds. The summed E-state index contributed by atoms with van der Waals surface area (Å²) in [5.74, 6) is 1.17. The molecule has 0 saturated heterocycles. The largest absolute Gasteiger partial charge is 0.484 e. The van der Waals surface area contributed by atoms with Gasteiger partial charge in [-0.1, -0.05) is 30.3 Å². The van der Waals surface area contributed by atoms with Gasteiger partial charge in [0.1, 0.15) is 6.61 Å². The molecule has 1 aliphatic heterocycles. The second-order valence-electron chi connectivity index (χ2n) is 4.20. The van der Waals surface area contributed by atoms with E-state index in [1.54, 1.807) is 12.1 Å². The third-order valence-electron chi connectivity index (χ3n) is 2.84. The normalized spacial score (nSPS) is 16.7. The smallest absolute Gasteiger partial charge is 0.254 e. The third kappa shape index (κ3) is 2.52. The van der Waals surface area contributed by atoms with Gasteiger partial charge in [0.15, 0.2) is 11.5 Å². The first-order chi connectivity index (χ1) is 9.33. The van der Waals surface area contributed by atoms with Crippen LogP contribution < -0.4 is 14.8 Å². The molecule has 2 aromatic rings. The molecular formula is C15H13NO3. The molecule has 0 aromatic heterocycles. The molecule has 4 heteroatoms. The molecule has 0 aliphatic carbocycles. The molecule has 4 nitrogen and oxygen atoms in total. The maximum absolute atomic E-state index is 12.0. The van der Waals surface area contributed by atoms with E-state index in [-0.39, 0.29) is 5.91 Å². The van der Waals surface area contributed by atoms with Crippen molar-refractivity contribution >= 4 is 5.91 Å². The van der Waals surface area contributed by atoms with Crippen LogP contribution in [0.1, 0.15) is 10.4 Å². The Kier molecular flexibility index (Phi) is 3.06. The molecule has 1 atom stereocenters. The van der Waals surface area contributed by atoms with E-state index in [1.807, 2.05) is 42.5 Å². The summed E-state index contributed by atoms with van der Waals surface area (Å²) in [5, 5.41) is 2.79. The van der Waals surface area contributed by atoms with Crippen molar-refractivity contribution in [3.05, 3.63) is 60.2 Å². The van der Waals surface area contributed by atoms with Crippen LogP contribution in [0.5, 0.6) is 11.5 Å². The topological polar surface area (TPSA) is 47.6 Å². The molecule has 1 unspecified atom stereocenters. The lowest BCUT2D eigenvalue weighted by Crippen LogP contribution is -2.45. The molecule has 19 heavy (non-hydrogen) atoms. The van der Waals surface area contributed by atoms with Gasteiger partial charge in [-0.05, 0) is 24.3 Å². The van der Waals surface area contributed by atoms with Crippen LogP contribution in [0.15, 0.2) is 54.6 Å². The second-order valence-corrected chi connectivity index (χ2v) is 4.20. The van der Waals surface area contributed by atoms with Crippen LogP contribution >= 0.6 is 0 Å². The van der Waals surface area contributed by atoms with E-state index in [0.29, 0.717) is 23.7 Å². The first-order valence-electron chi connectivity index (χ1n) is 6.07. The number of hydrogen-bond donors (Lipinski definition) is 1. The highest BCUT2D eigenvalue weighted by molar-refractivity contribution is 5.94. The number of para-hydroxylation sites is 2. The van der Waals surface area contributed by atoms with Crippen molar-refractivity contribution in [2.24, 2.45) is 0 Å². The summed E-state index contributed by atoms with van der Waals surface area (Å²) in [4.78, 5) is 12.0. The fraction of sp³-hybridized carbons (Fsp3) is 0.133. The summed E-state index contributed by atoms with van der Waals surface area (Å²) in [6.07, 6.45) is -0.470. The van der Waals surface area contributed by atoms with Crippen molar-refractivity contribution in [3.63, 3.8) is 0 Å². The highest BCUT2D eigenvalue weighted by Gasteiger charge is 2.22. The van der Waals surface area contributed by atoms with Crippen LogP contribution in [0, 0.1) is 0 Å². The molecule has 3 rings (SSSR count). The van der Waals surface area contributed by atoms with Crippen LogP contribution in [-0.2, 0) is 0 Å². The van der Waals surface area contributed by atoms with Gasteiger partial charge in [-0.3, -0.25) is 4.79 Å². The summed E-state index contributed by atoms with van der Waals surface area (Å²) in [5.41, 5.74) is 0.602. The average Bonchev–Trinajstić information content (AvgIpc) is 2.48. The van der Waals surface area contributed by atoms with E-state index in [0.717, 1.165) is 0 Å². The summed E-state index contributed by atoms with van der Waals surface area (Å²) < 4.78 is 11.2. The van der Waals surface area contributed by atoms with Gasteiger partial charge < -0.3 is 14.8 Å². The molecule has 2 aromatic carbocycles. The number of hydrogen-bond acceptors (Lipinski definition) is 3. The average molecular weight is 255 g/mol. The Bertz CT molecular complexity index is 583. The van der Waals surface area contributed by atoms with Crippen LogP contribution in [0.4, 0.5) is 0 Å². The van der Waals surface area contributed by atoms with Crippen LogP contribution in [0.25, 0.3) is 0 Å². The molecule has 96 valence electrons. The van der Waals surface area contributed by atoms with Crippen LogP contribution in [0.3, 0.4) is 0 Å². The highest BCUT2D eigenvalue weighted by atomic mass is 16.6. The van der Waals surface area contributed by atoms with Crippen LogP contribution in [-0.4, -0.2) is 18.7 Å². The minimum absolute atomic E-state index is 0.173. The predicted molar refractivity (Wildman–Crippen MR) is 70.3 cm³/mol. The van der Waals surface area contributed by atoms with Crippen molar-refractivity contribution in [2.45, 2.75) is 6.23 Å². The van der Waals surface area contributed by atoms with Gasteiger partial charge in [-0.25, -0.2) is 0 Å². The van der Waals surface area contributed by atoms with E-state index in [4.69, 9.17) is 9.47 Å². The molecule has 0 saturated carbocycles. The van der Waals surface area contributed by atoms with E-state index in [1.165, 1.54) is 0 Å². The Balaban J connectivity index is 1.68. The number of benzene rings is 2. The van der Waals surface area contributed by atoms with Crippen molar-refractivity contribution in [2.75, 3.05) is 6.61 Å². The Morgan fingerprint density at radius 2 is 1.68 bits per heavy atom. The van der Waals surface area contributed by atoms with Crippen molar-refractivity contribution < 1.29 is 14.3 Å². The molecule has 0 spiro atoms. The first kappa shape index (κ1) is 11.6. The number of rotatable bonds is 2. The summed E-state index contributed by atoms with van der Waals surface area (Å²) in [6.45, 7) is 0.301. The Morgan fingerprint density at radius 1 is 1.00 bits per heavy atom. The van der Waals surface area contributed by atoms with E-state index >= 15 is 0 Å². The molecule has 0 bridgehead atoms. The van der Waals surface area contributed by atoms with E-state index in [9.17, 15) is 4.79 Å². The maximum Gasteiger partial charge on any atom is 0.254 e. The van der Waals surface area contributed by atoms with Gasteiger partial charge >= 0.3 is 0 Å². The molecule has 0 radical (unpaired) electrons. The van der Waals surface area contributed by atoms with Crippen LogP contribution in [0.2, 0.25) is 0 Å². The summed E-state index contributed by atoms with van der Waals surface area (Å²) >= 11 is 0. The number of amides is 1. The lowest BCUT2D eigenvalue weighted by atomic mass is 10.2. The van der Waals surface area contributed by atoms with Gasteiger partial charge in [-0.2, -0.15) is 0 Å². The van der Waals surface area contributed by atoms with Crippen molar-refractivity contribution in [3.8, 4) is 11.5 Å². The molecule has 1 aliphatic rings. The summed E-state index contributed by atoms with van der Waals surface area (Å²) in [6, 6.07) is 16.4. The molecule has 1 heterocycles. The van der Waals surface area contributed by atoms with Gasteiger partial charge in [0, 0.05) is 5.56 Å². The zero-order valence-corrected chi connectivity index (χ0v) is 10.2. The predicted octanol–water partition coefficient (Wildman–Crippen LogP) is 2.21. The van der Waals surface area contributed by atoms with Crippen molar-refractivity contribution in [1.29, 1.82) is 0 Å². The number of ether oxygens (including phenoxy) is 2. The number of carbonyl (C=O) groups is 1. The standard InChI is InChI=1S/C15H13NO3/c17-15(11-6-2-1-3-7-11)16-14-10-18-12-8-4-5-9-13(12)19-14/h1-9,14H,10H2,(H,16,17). The molecule has 1 N–H and O–H groups in total. The number of carbonyl (C=O) groups excluding carboxylic acids is 1. The second kappa shape index (κ2) is 5.02. The number of nitrogens with one attached hydrogen (secondary N) is 1. The Morgan fingerprint density at radius 3 is 2.47 bits per heavy atom.